The van der Waals surface area contributed by atoms with Gasteiger partial charge in [-0.15, -0.1) is 0 Å². The second kappa shape index (κ2) is 6.34. The van der Waals surface area contributed by atoms with E-state index >= 15 is 0 Å². The maximum Gasteiger partial charge on any atom is 0.134 e. The third kappa shape index (κ3) is 2.72. The Morgan fingerprint density at radius 2 is 1.85 bits per heavy atom. The maximum atomic E-state index is 5.51. The van der Waals surface area contributed by atoms with Crippen LogP contribution < -0.4 is 15.2 Å². The highest BCUT2D eigenvalue weighted by molar-refractivity contribution is 5.71. The van der Waals surface area contributed by atoms with E-state index in [-0.39, 0.29) is 0 Å². The Labute approximate surface area is 118 Å². The number of rotatable bonds is 5. The Balaban J connectivity index is 2.44. The largest absolute Gasteiger partial charge is 0.496 e. The Morgan fingerprint density at radius 3 is 2.40 bits per heavy atom. The molecule has 0 amide bonds. The van der Waals surface area contributed by atoms with Crippen molar-refractivity contribution in [2.75, 3.05) is 20.8 Å². The molecule has 0 radical (unpaired) electrons. The van der Waals surface area contributed by atoms with Gasteiger partial charge >= 0.3 is 0 Å². The van der Waals surface area contributed by atoms with E-state index in [0.717, 1.165) is 40.4 Å². The Kier molecular flexibility index (Phi) is 4.53. The SMILES string of the molecule is COc1ccc(-c2ccc(CCN)nn2)c(OC)c1C. The molecule has 106 valence electrons. The summed E-state index contributed by atoms with van der Waals surface area (Å²) in [5.41, 5.74) is 9.01. The molecule has 0 aliphatic heterocycles. The van der Waals surface area contributed by atoms with Crippen LogP contribution in [0.5, 0.6) is 11.5 Å². The van der Waals surface area contributed by atoms with E-state index < -0.39 is 0 Å². The molecule has 1 heterocycles. The Hall–Kier alpha value is -2.14. The van der Waals surface area contributed by atoms with E-state index in [9.17, 15) is 0 Å². The molecule has 0 saturated carbocycles. The first-order valence-electron chi connectivity index (χ1n) is 6.46. The lowest BCUT2D eigenvalue weighted by Crippen LogP contribution is -2.05. The van der Waals surface area contributed by atoms with Gasteiger partial charge in [0.2, 0.25) is 0 Å². The van der Waals surface area contributed by atoms with Crippen LogP contribution in [0.4, 0.5) is 0 Å². The molecule has 20 heavy (non-hydrogen) atoms. The summed E-state index contributed by atoms with van der Waals surface area (Å²) < 4.78 is 10.8. The third-order valence-electron chi connectivity index (χ3n) is 3.18. The molecule has 2 aromatic rings. The highest BCUT2D eigenvalue weighted by Crippen LogP contribution is 2.36. The number of ether oxygens (including phenoxy) is 2. The van der Waals surface area contributed by atoms with E-state index in [0.29, 0.717) is 6.54 Å². The van der Waals surface area contributed by atoms with Crippen LogP contribution in [0.2, 0.25) is 0 Å². The highest BCUT2D eigenvalue weighted by atomic mass is 16.5. The Morgan fingerprint density at radius 1 is 1.05 bits per heavy atom. The smallest absolute Gasteiger partial charge is 0.134 e. The normalized spacial score (nSPS) is 10.4. The van der Waals surface area contributed by atoms with Crippen LogP contribution in [-0.2, 0) is 6.42 Å². The molecule has 0 saturated heterocycles. The number of hydrogen-bond donors (Lipinski definition) is 1. The molecule has 0 fully saturated rings. The molecule has 0 spiro atoms. The number of methoxy groups -OCH3 is 2. The minimum atomic E-state index is 0.568. The second-order valence-corrected chi connectivity index (χ2v) is 4.42. The van der Waals surface area contributed by atoms with Crippen molar-refractivity contribution < 1.29 is 9.47 Å². The zero-order valence-corrected chi connectivity index (χ0v) is 12.0. The van der Waals surface area contributed by atoms with Crippen LogP contribution in [0.3, 0.4) is 0 Å². The summed E-state index contributed by atoms with van der Waals surface area (Å²) in [5, 5.41) is 8.42. The van der Waals surface area contributed by atoms with E-state index in [2.05, 4.69) is 10.2 Å². The molecule has 2 N–H and O–H groups in total. The molecule has 0 aliphatic rings. The standard InChI is InChI=1S/C15H19N3O2/c1-10-14(19-2)7-5-12(15(10)20-3)13-6-4-11(8-9-16)17-18-13/h4-7H,8-9,16H2,1-3H3. The molecule has 0 atom stereocenters. The van der Waals surface area contributed by atoms with Crippen LogP contribution in [0.25, 0.3) is 11.3 Å². The molecule has 0 unspecified atom stereocenters. The van der Waals surface area contributed by atoms with Gasteiger partial charge in [-0.05, 0) is 37.7 Å². The maximum absolute atomic E-state index is 5.51. The summed E-state index contributed by atoms with van der Waals surface area (Å²) in [6, 6.07) is 7.70. The molecule has 2 rings (SSSR count). The molecular formula is C15H19N3O2. The zero-order chi connectivity index (χ0) is 14.5. The zero-order valence-electron chi connectivity index (χ0n) is 12.0. The van der Waals surface area contributed by atoms with E-state index in [4.69, 9.17) is 15.2 Å². The van der Waals surface area contributed by atoms with Crippen LogP contribution in [0, 0.1) is 6.92 Å². The van der Waals surface area contributed by atoms with Gasteiger partial charge < -0.3 is 15.2 Å². The first-order chi connectivity index (χ1) is 9.71. The molecular weight excluding hydrogens is 254 g/mol. The van der Waals surface area contributed by atoms with Crippen LogP contribution in [0.1, 0.15) is 11.3 Å². The monoisotopic (exact) mass is 273 g/mol. The van der Waals surface area contributed by atoms with Crippen molar-refractivity contribution in [2.24, 2.45) is 5.73 Å². The summed E-state index contributed by atoms with van der Waals surface area (Å²) >= 11 is 0. The minimum absolute atomic E-state index is 0.568. The van der Waals surface area contributed by atoms with E-state index in [1.165, 1.54) is 0 Å². The minimum Gasteiger partial charge on any atom is -0.496 e. The van der Waals surface area contributed by atoms with Gasteiger partial charge in [0.15, 0.2) is 0 Å². The van der Waals surface area contributed by atoms with Gasteiger partial charge in [0.05, 0.1) is 25.6 Å². The fourth-order valence-electron chi connectivity index (χ4n) is 2.14. The summed E-state index contributed by atoms with van der Waals surface area (Å²) in [5.74, 6) is 1.54. The van der Waals surface area contributed by atoms with Crippen molar-refractivity contribution in [3.63, 3.8) is 0 Å². The van der Waals surface area contributed by atoms with Crippen molar-refractivity contribution in [1.29, 1.82) is 0 Å². The van der Waals surface area contributed by atoms with Crippen molar-refractivity contribution >= 4 is 0 Å². The summed E-state index contributed by atoms with van der Waals surface area (Å²) in [4.78, 5) is 0. The second-order valence-electron chi connectivity index (χ2n) is 4.42. The molecule has 5 heteroatoms. The van der Waals surface area contributed by atoms with Gasteiger partial charge in [0, 0.05) is 17.5 Å². The lowest BCUT2D eigenvalue weighted by atomic mass is 10.1. The predicted molar refractivity (Wildman–Crippen MR) is 78.1 cm³/mol. The van der Waals surface area contributed by atoms with Gasteiger partial charge in [-0.3, -0.25) is 0 Å². The lowest BCUT2D eigenvalue weighted by molar-refractivity contribution is 0.390. The van der Waals surface area contributed by atoms with Crippen molar-refractivity contribution in [3.05, 3.63) is 35.5 Å². The molecule has 1 aromatic carbocycles. The number of hydrogen-bond acceptors (Lipinski definition) is 5. The van der Waals surface area contributed by atoms with Crippen LogP contribution >= 0.6 is 0 Å². The van der Waals surface area contributed by atoms with Gasteiger partial charge in [-0.25, -0.2) is 0 Å². The number of benzene rings is 1. The summed E-state index contributed by atoms with van der Waals surface area (Å²) in [6.07, 6.45) is 0.728. The quantitative estimate of drug-likeness (QED) is 0.902. The van der Waals surface area contributed by atoms with Crippen molar-refractivity contribution in [1.82, 2.24) is 10.2 Å². The van der Waals surface area contributed by atoms with Gasteiger partial charge in [-0.2, -0.15) is 10.2 Å². The topological polar surface area (TPSA) is 70.3 Å². The van der Waals surface area contributed by atoms with Gasteiger partial charge in [0.1, 0.15) is 11.5 Å². The van der Waals surface area contributed by atoms with E-state index in [1.807, 2.05) is 31.2 Å². The third-order valence-corrected chi connectivity index (χ3v) is 3.18. The molecule has 0 aliphatic carbocycles. The fraction of sp³-hybridized carbons (Fsp3) is 0.333. The van der Waals surface area contributed by atoms with Crippen LogP contribution in [0.15, 0.2) is 24.3 Å². The molecule has 0 bridgehead atoms. The number of aromatic nitrogens is 2. The van der Waals surface area contributed by atoms with Gasteiger partial charge in [-0.1, -0.05) is 0 Å². The summed E-state index contributed by atoms with van der Waals surface area (Å²) in [6.45, 7) is 2.52. The summed E-state index contributed by atoms with van der Waals surface area (Å²) in [7, 11) is 3.28. The number of nitrogens with two attached hydrogens (primary N) is 1. The van der Waals surface area contributed by atoms with E-state index in [1.54, 1.807) is 14.2 Å². The number of nitrogens with zero attached hydrogens (tertiary/aromatic N) is 2. The fourth-order valence-corrected chi connectivity index (χ4v) is 2.14. The average Bonchev–Trinajstić information content (AvgIpc) is 2.48. The highest BCUT2D eigenvalue weighted by Gasteiger charge is 2.14. The first kappa shape index (κ1) is 14.3. The average molecular weight is 273 g/mol. The first-order valence-corrected chi connectivity index (χ1v) is 6.46. The predicted octanol–water partition coefficient (Wildman–Crippen LogP) is 1.97. The molecule has 1 aromatic heterocycles. The van der Waals surface area contributed by atoms with Crippen molar-refractivity contribution in [3.8, 4) is 22.8 Å². The van der Waals surface area contributed by atoms with Gasteiger partial charge in [0.25, 0.3) is 0 Å². The van der Waals surface area contributed by atoms with Crippen molar-refractivity contribution in [2.45, 2.75) is 13.3 Å². The Bertz CT molecular complexity index is 582. The molecule has 5 nitrogen and oxygen atoms in total. The van der Waals surface area contributed by atoms with Crippen LogP contribution in [-0.4, -0.2) is 31.0 Å². The lowest BCUT2D eigenvalue weighted by Gasteiger charge is -2.13.